The molecule has 4 aromatic rings. The van der Waals surface area contributed by atoms with Crippen LogP contribution in [0.2, 0.25) is 0 Å². The molecule has 0 amide bonds. The van der Waals surface area contributed by atoms with Crippen molar-refractivity contribution in [3.8, 4) is 11.3 Å². The largest absolute Gasteiger partial charge is 0.287 e. The Kier molecular flexibility index (Phi) is 5.33. The van der Waals surface area contributed by atoms with Crippen LogP contribution in [0.3, 0.4) is 0 Å². The molecule has 8 heteroatoms. The van der Waals surface area contributed by atoms with Crippen LogP contribution in [0.15, 0.2) is 73.2 Å². The minimum absolute atomic E-state index is 0.0587. The fourth-order valence-corrected chi connectivity index (χ4v) is 4.39. The number of nitrogens with zero attached hydrogens (tertiary/aromatic N) is 3. The maximum Gasteiger partial charge on any atom is 0.232 e. The topological polar surface area (TPSA) is 93.4 Å². The first-order valence-electron chi connectivity index (χ1n) is 9.51. The third kappa shape index (κ3) is 3.95. The molecule has 0 radical (unpaired) electrons. The molecule has 0 spiro atoms. The summed E-state index contributed by atoms with van der Waals surface area (Å²) >= 11 is 0. The molecule has 7 nitrogen and oxygen atoms in total. The Balaban J connectivity index is 1.74. The summed E-state index contributed by atoms with van der Waals surface area (Å²) in [6.07, 6.45) is 3.71. The first-order valence-corrected chi connectivity index (χ1v) is 11.2. The molecular weight excluding hydrogens is 400 g/mol. The normalized spacial score (nSPS) is 11.5. The van der Waals surface area contributed by atoms with Gasteiger partial charge in [-0.1, -0.05) is 49.4 Å². The number of carbonyl (C=O) groups excluding carboxylic acids is 1. The van der Waals surface area contributed by atoms with Crippen LogP contribution >= 0.6 is 0 Å². The Morgan fingerprint density at radius 3 is 2.60 bits per heavy atom. The van der Waals surface area contributed by atoms with E-state index in [1.54, 1.807) is 65.5 Å². The zero-order valence-electron chi connectivity index (χ0n) is 16.3. The van der Waals surface area contributed by atoms with Crippen molar-refractivity contribution in [2.75, 3.05) is 10.5 Å². The van der Waals surface area contributed by atoms with Crippen LogP contribution in [0.25, 0.3) is 16.9 Å². The van der Waals surface area contributed by atoms with Gasteiger partial charge in [-0.05, 0) is 24.6 Å². The first kappa shape index (κ1) is 19.8. The van der Waals surface area contributed by atoms with Crippen molar-refractivity contribution >= 4 is 27.1 Å². The summed E-state index contributed by atoms with van der Waals surface area (Å²) < 4.78 is 28.5. The highest BCUT2D eigenvalue weighted by Gasteiger charge is 2.18. The van der Waals surface area contributed by atoms with Gasteiger partial charge in [0.05, 0.1) is 11.4 Å². The summed E-state index contributed by atoms with van der Waals surface area (Å²) in [5.74, 6) is -0.146. The van der Waals surface area contributed by atoms with Crippen molar-refractivity contribution in [3.63, 3.8) is 0 Å². The number of hydrogen-bond acceptors (Lipinski definition) is 5. The molecule has 0 atom stereocenters. The molecule has 0 aliphatic carbocycles. The number of benzene rings is 2. The number of ketones is 1. The molecule has 0 unspecified atom stereocenters. The molecular formula is C22H20N4O3S. The zero-order chi connectivity index (χ0) is 21.1. The predicted molar refractivity (Wildman–Crippen MR) is 116 cm³/mol. The summed E-state index contributed by atoms with van der Waals surface area (Å²) in [5.41, 5.74) is 3.25. The molecule has 2 aromatic heterocycles. The summed E-state index contributed by atoms with van der Waals surface area (Å²) in [6.45, 7) is 1.82. The Hall–Kier alpha value is -3.52. The lowest BCUT2D eigenvalue weighted by atomic mass is 10.1. The lowest BCUT2D eigenvalue weighted by Gasteiger charge is -2.10. The van der Waals surface area contributed by atoms with Gasteiger partial charge in [-0.2, -0.15) is 0 Å². The SMILES string of the molecule is CCCS(=O)(=O)Nc1cccc(-c2ccnc3c(C(=O)c4ccccc4)ncn23)c1. The highest BCUT2D eigenvalue weighted by molar-refractivity contribution is 7.92. The van der Waals surface area contributed by atoms with Crippen molar-refractivity contribution < 1.29 is 13.2 Å². The quantitative estimate of drug-likeness (QED) is 0.459. The van der Waals surface area contributed by atoms with Crippen LogP contribution in [0.4, 0.5) is 5.69 Å². The second kappa shape index (κ2) is 8.08. The van der Waals surface area contributed by atoms with E-state index in [0.29, 0.717) is 23.3 Å². The van der Waals surface area contributed by atoms with E-state index in [0.717, 1.165) is 11.3 Å². The summed E-state index contributed by atoms with van der Waals surface area (Å²) in [4.78, 5) is 21.5. The van der Waals surface area contributed by atoms with E-state index in [2.05, 4.69) is 14.7 Å². The number of carbonyl (C=O) groups is 1. The lowest BCUT2D eigenvalue weighted by Crippen LogP contribution is -2.16. The number of fused-ring (bicyclic) bond motifs is 1. The fourth-order valence-electron chi connectivity index (χ4n) is 3.26. The van der Waals surface area contributed by atoms with Crippen LogP contribution in [-0.4, -0.2) is 34.3 Å². The molecule has 152 valence electrons. The lowest BCUT2D eigenvalue weighted by molar-refractivity contribution is 0.103. The van der Waals surface area contributed by atoms with E-state index >= 15 is 0 Å². The van der Waals surface area contributed by atoms with E-state index in [-0.39, 0.29) is 17.2 Å². The zero-order valence-corrected chi connectivity index (χ0v) is 17.1. The Morgan fingerprint density at radius 2 is 1.83 bits per heavy atom. The van der Waals surface area contributed by atoms with Crippen LogP contribution in [0.5, 0.6) is 0 Å². The smallest absolute Gasteiger partial charge is 0.232 e. The maximum absolute atomic E-state index is 12.8. The minimum Gasteiger partial charge on any atom is -0.287 e. The predicted octanol–water partition coefficient (Wildman–Crippen LogP) is 3.78. The van der Waals surface area contributed by atoms with E-state index in [4.69, 9.17) is 0 Å². The number of aromatic nitrogens is 3. The molecule has 0 aliphatic rings. The van der Waals surface area contributed by atoms with Gasteiger partial charge in [0.2, 0.25) is 15.8 Å². The molecule has 4 rings (SSSR count). The van der Waals surface area contributed by atoms with Gasteiger partial charge < -0.3 is 0 Å². The van der Waals surface area contributed by atoms with E-state index < -0.39 is 10.0 Å². The Labute approximate surface area is 174 Å². The van der Waals surface area contributed by atoms with Crippen molar-refractivity contribution in [1.29, 1.82) is 0 Å². The van der Waals surface area contributed by atoms with Crippen LogP contribution in [-0.2, 0) is 10.0 Å². The summed E-state index contributed by atoms with van der Waals surface area (Å²) in [6, 6.07) is 17.8. The fraction of sp³-hybridized carbons (Fsp3) is 0.136. The number of hydrogen-bond donors (Lipinski definition) is 1. The average molecular weight is 420 g/mol. The third-order valence-corrected chi connectivity index (χ3v) is 6.08. The summed E-state index contributed by atoms with van der Waals surface area (Å²) in [5, 5.41) is 0. The number of sulfonamides is 1. The second-order valence-corrected chi connectivity index (χ2v) is 8.66. The number of nitrogens with one attached hydrogen (secondary N) is 1. The Bertz CT molecular complexity index is 1310. The van der Waals surface area contributed by atoms with E-state index in [9.17, 15) is 13.2 Å². The van der Waals surface area contributed by atoms with Gasteiger partial charge in [0, 0.05) is 23.0 Å². The number of rotatable bonds is 7. The maximum atomic E-state index is 12.8. The average Bonchev–Trinajstić information content (AvgIpc) is 3.18. The highest BCUT2D eigenvalue weighted by Crippen LogP contribution is 2.25. The molecule has 2 heterocycles. The molecule has 2 aromatic carbocycles. The van der Waals surface area contributed by atoms with Crippen LogP contribution in [0, 0.1) is 0 Å². The monoisotopic (exact) mass is 420 g/mol. The standard InChI is InChI=1S/C22H20N4O3S/c1-2-13-30(28,29)25-18-10-6-9-17(14-18)19-11-12-23-22-20(24-15-26(19)22)21(27)16-7-4-3-5-8-16/h3-12,14-15,25H,2,13H2,1H3. The van der Waals surface area contributed by atoms with Crippen molar-refractivity contribution in [3.05, 3.63) is 84.4 Å². The third-order valence-electron chi connectivity index (χ3n) is 4.59. The van der Waals surface area contributed by atoms with Crippen LogP contribution < -0.4 is 4.72 Å². The van der Waals surface area contributed by atoms with Crippen molar-refractivity contribution in [2.24, 2.45) is 0 Å². The first-order chi connectivity index (χ1) is 14.5. The second-order valence-electron chi connectivity index (χ2n) is 6.81. The molecule has 0 saturated heterocycles. The van der Waals surface area contributed by atoms with E-state index in [1.807, 2.05) is 19.1 Å². The highest BCUT2D eigenvalue weighted by atomic mass is 32.2. The molecule has 0 aliphatic heterocycles. The molecule has 1 N–H and O–H groups in total. The van der Waals surface area contributed by atoms with E-state index in [1.165, 1.54) is 0 Å². The van der Waals surface area contributed by atoms with Gasteiger partial charge in [0.1, 0.15) is 6.33 Å². The number of anilines is 1. The number of imidazole rings is 1. The van der Waals surface area contributed by atoms with Crippen LogP contribution in [0.1, 0.15) is 29.4 Å². The van der Waals surface area contributed by atoms with Gasteiger partial charge in [-0.3, -0.25) is 13.9 Å². The molecule has 0 saturated carbocycles. The van der Waals surface area contributed by atoms with Crippen molar-refractivity contribution in [1.82, 2.24) is 14.4 Å². The summed E-state index contributed by atoms with van der Waals surface area (Å²) in [7, 11) is -3.39. The van der Waals surface area contributed by atoms with Gasteiger partial charge in [0.25, 0.3) is 0 Å². The minimum atomic E-state index is -3.39. The van der Waals surface area contributed by atoms with Gasteiger partial charge >= 0.3 is 0 Å². The van der Waals surface area contributed by atoms with Gasteiger partial charge in [-0.25, -0.2) is 18.4 Å². The van der Waals surface area contributed by atoms with Gasteiger partial charge in [0.15, 0.2) is 11.3 Å². The molecule has 0 fully saturated rings. The Morgan fingerprint density at radius 1 is 1.03 bits per heavy atom. The molecule has 0 bridgehead atoms. The van der Waals surface area contributed by atoms with Gasteiger partial charge in [-0.15, -0.1) is 0 Å². The van der Waals surface area contributed by atoms with Crippen molar-refractivity contribution in [2.45, 2.75) is 13.3 Å². The molecule has 30 heavy (non-hydrogen) atoms.